The number of aliphatic carboxylic acids is 1. The van der Waals surface area contributed by atoms with Gasteiger partial charge in [0.05, 0.1) is 17.0 Å². The van der Waals surface area contributed by atoms with Crippen molar-refractivity contribution in [3.8, 4) is 0 Å². The molecule has 0 spiro atoms. The molecule has 1 aromatic heterocycles. The number of urea groups is 1. The first-order valence-electron chi connectivity index (χ1n) is 6.82. The van der Waals surface area contributed by atoms with Crippen LogP contribution in [-0.2, 0) is 4.79 Å². The van der Waals surface area contributed by atoms with E-state index in [0.29, 0.717) is 0 Å². The molecule has 0 saturated heterocycles. The molecule has 1 rings (SSSR count). The van der Waals surface area contributed by atoms with Crippen molar-refractivity contribution in [2.75, 3.05) is 7.05 Å². The van der Waals surface area contributed by atoms with Gasteiger partial charge in [0.2, 0.25) is 0 Å². The lowest BCUT2D eigenvalue weighted by Crippen LogP contribution is -2.59. The van der Waals surface area contributed by atoms with Crippen LogP contribution < -0.4 is 5.32 Å². The van der Waals surface area contributed by atoms with E-state index in [1.807, 2.05) is 24.4 Å². The van der Waals surface area contributed by atoms with Gasteiger partial charge in [-0.2, -0.15) is 0 Å². The topological polar surface area (TPSA) is 69.6 Å². The fourth-order valence-electron chi connectivity index (χ4n) is 1.67. The van der Waals surface area contributed by atoms with Crippen molar-refractivity contribution in [2.45, 2.75) is 46.2 Å². The van der Waals surface area contributed by atoms with Gasteiger partial charge < -0.3 is 15.3 Å². The van der Waals surface area contributed by atoms with E-state index in [2.05, 4.69) is 5.32 Å². The molecule has 1 aromatic rings. The molecule has 0 aromatic carbocycles. The van der Waals surface area contributed by atoms with Crippen LogP contribution in [0.2, 0.25) is 0 Å². The summed E-state index contributed by atoms with van der Waals surface area (Å²) >= 11 is 1.59. The monoisotopic (exact) mass is 312 g/mol. The lowest BCUT2D eigenvalue weighted by molar-refractivity contribution is -0.150. The highest BCUT2D eigenvalue weighted by Crippen LogP contribution is 2.31. The number of carbonyl (C=O) groups excluding carboxylic acids is 1. The van der Waals surface area contributed by atoms with E-state index in [1.165, 1.54) is 0 Å². The minimum Gasteiger partial charge on any atom is -0.481 e. The predicted octanol–water partition coefficient (Wildman–Crippen LogP) is 3.34. The van der Waals surface area contributed by atoms with Crippen LogP contribution in [0.4, 0.5) is 4.79 Å². The summed E-state index contributed by atoms with van der Waals surface area (Å²) in [6.45, 7) is 8.61. The van der Waals surface area contributed by atoms with Crippen LogP contribution in [0.15, 0.2) is 17.5 Å². The van der Waals surface area contributed by atoms with Gasteiger partial charge in [0, 0.05) is 11.9 Å². The summed E-state index contributed by atoms with van der Waals surface area (Å²) in [6, 6.07) is 3.58. The first-order chi connectivity index (χ1) is 9.50. The third-order valence-electron chi connectivity index (χ3n) is 4.37. The highest BCUT2D eigenvalue weighted by Gasteiger charge is 2.45. The van der Waals surface area contributed by atoms with Crippen LogP contribution in [0.25, 0.3) is 0 Å². The lowest BCUT2D eigenvalue weighted by Gasteiger charge is -2.40. The maximum Gasteiger partial charge on any atom is 0.318 e. The zero-order valence-electron chi connectivity index (χ0n) is 13.4. The molecule has 0 aliphatic heterocycles. The van der Waals surface area contributed by atoms with Crippen molar-refractivity contribution in [1.82, 2.24) is 10.2 Å². The lowest BCUT2D eigenvalue weighted by atomic mass is 9.74. The van der Waals surface area contributed by atoms with Crippen LogP contribution in [0.5, 0.6) is 0 Å². The Morgan fingerprint density at radius 3 is 2.33 bits per heavy atom. The number of hydrogen-bond donors (Lipinski definition) is 2. The molecule has 0 fully saturated rings. The zero-order valence-corrected chi connectivity index (χ0v) is 14.2. The maximum absolute atomic E-state index is 12.4. The Kier molecular flexibility index (Phi) is 5.04. The molecule has 1 unspecified atom stereocenters. The average molecular weight is 312 g/mol. The molecule has 1 atom stereocenters. The van der Waals surface area contributed by atoms with Crippen LogP contribution in [0.1, 0.15) is 45.5 Å². The van der Waals surface area contributed by atoms with Gasteiger partial charge >= 0.3 is 12.0 Å². The Labute approximate surface area is 130 Å². The van der Waals surface area contributed by atoms with Crippen molar-refractivity contribution >= 4 is 23.3 Å². The Morgan fingerprint density at radius 2 is 1.90 bits per heavy atom. The first-order valence-corrected chi connectivity index (χ1v) is 7.70. The largest absolute Gasteiger partial charge is 0.481 e. The highest BCUT2D eigenvalue weighted by molar-refractivity contribution is 7.10. The van der Waals surface area contributed by atoms with E-state index in [4.69, 9.17) is 0 Å². The van der Waals surface area contributed by atoms with Crippen molar-refractivity contribution in [3.63, 3.8) is 0 Å². The number of nitrogens with zero attached hydrogens (tertiary/aromatic N) is 1. The minimum absolute atomic E-state index is 0.0614. The molecule has 0 aliphatic carbocycles. The van der Waals surface area contributed by atoms with E-state index in [1.54, 1.807) is 51.0 Å². The van der Waals surface area contributed by atoms with Gasteiger partial charge in [0.1, 0.15) is 0 Å². The Hall–Kier alpha value is -1.56. The van der Waals surface area contributed by atoms with Crippen LogP contribution in [0.3, 0.4) is 0 Å². The standard InChI is InChI=1S/C15H24N2O3S/c1-10(11-8-7-9-21-11)17(6)13(20)16-15(4,5)14(2,3)12(18)19/h7-10H,1-6H3,(H,16,20)(H,18,19). The first kappa shape index (κ1) is 17.5. The third kappa shape index (κ3) is 3.56. The second kappa shape index (κ2) is 6.05. The number of carbonyl (C=O) groups is 2. The van der Waals surface area contributed by atoms with E-state index in [0.717, 1.165) is 4.88 Å². The second-order valence-corrected chi connectivity index (χ2v) is 7.27. The second-order valence-electron chi connectivity index (χ2n) is 6.29. The van der Waals surface area contributed by atoms with Crippen LogP contribution in [-0.4, -0.2) is 34.6 Å². The predicted molar refractivity (Wildman–Crippen MR) is 84.5 cm³/mol. The molecule has 2 N–H and O–H groups in total. The SMILES string of the molecule is CC(c1cccs1)N(C)C(=O)NC(C)(C)C(C)(C)C(=O)O. The van der Waals surface area contributed by atoms with Gasteiger partial charge in [0.25, 0.3) is 0 Å². The summed E-state index contributed by atoms with van der Waals surface area (Å²) < 4.78 is 0. The number of carboxylic acid groups (broad SMARTS) is 1. The Morgan fingerprint density at radius 1 is 1.33 bits per heavy atom. The van der Waals surface area contributed by atoms with Crippen LogP contribution >= 0.6 is 11.3 Å². The minimum atomic E-state index is -1.07. The van der Waals surface area contributed by atoms with Gasteiger partial charge in [-0.1, -0.05) is 6.07 Å². The van der Waals surface area contributed by atoms with Gasteiger partial charge in [0.15, 0.2) is 0 Å². The van der Waals surface area contributed by atoms with Gasteiger partial charge in [-0.25, -0.2) is 4.79 Å². The molecule has 21 heavy (non-hydrogen) atoms. The van der Waals surface area contributed by atoms with Crippen molar-refractivity contribution in [3.05, 3.63) is 22.4 Å². The van der Waals surface area contributed by atoms with Crippen molar-refractivity contribution < 1.29 is 14.7 Å². The summed E-state index contributed by atoms with van der Waals surface area (Å²) in [7, 11) is 1.71. The van der Waals surface area contributed by atoms with Crippen LogP contribution in [0, 0.1) is 5.41 Å². The number of amides is 2. The van der Waals surface area contributed by atoms with Gasteiger partial charge in [-0.15, -0.1) is 11.3 Å². The Balaban J connectivity index is 2.83. The summed E-state index contributed by atoms with van der Waals surface area (Å²) in [5.41, 5.74) is -1.95. The maximum atomic E-state index is 12.4. The molecule has 1 heterocycles. The summed E-state index contributed by atoms with van der Waals surface area (Å²) in [5, 5.41) is 14.1. The van der Waals surface area contributed by atoms with E-state index in [9.17, 15) is 14.7 Å². The number of hydrogen-bond acceptors (Lipinski definition) is 3. The van der Waals surface area contributed by atoms with Gasteiger partial charge in [-0.3, -0.25) is 4.79 Å². The zero-order chi connectivity index (χ0) is 16.4. The highest BCUT2D eigenvalue weighted by atomic mass is 32.1. The number of rotatable bonds is 5. The average Bonchev–Trinajstić information content (AvgIpc) is 2.89. The molecule has 0 aliphatic rings. The smallest absolute Gasteiger partial charge is 0.318 e. The molecule has 6 heteroatoms. The molecule has 0 bridgehead atoms. The summed E-state index contributed by atoms with van der Waals surface area (Å²) in [5.74, 6) is -0.943. The number of thiophene rings is 1. The number of nitrogens with one attached hydrogen (secondary N) is 1. The molecular weight excluding hydrogens is 288 g/mol. The molecular formula is C15H24N2O3S. The van der Waals surface area contributed by atoms with Gasteiger partial charge in [-0.05, 0) is 46.1 Å². The number of carboxylic acids is 1. The normalized spacial score (nSPS) is 13.6. The molecule has 2 amide bonds. The summed E-state index contributed by atoms with van der Waals surface area (Å²) in [6.07, 6.45) is 0. The summed E-state index contributed by atoms with van der Waals surface area (Å²) in [4.78, 5) is 26.4. The molecule has 118 valence electrons. The van der Waals surface area contributed by atoms with E-state index < -0.39 is 16.9 Å². The molecule has 0 saturated carbocycles. The third-order valence-corrected chi connectivity index (χ3v) is 5.42. The fourth-order valence-corrected chi connectivity index (χ4v) is 2.50. The van der Waals surface area contributed by atoms with E-state index >= 15 is 0 Å². The molecule has 0 radical (unpaired) electrons. The van der Waals surface area contributed by atoms with Crippen molar-refractivity contribution in [1.29, 1.82) is 0 Å². The quantitative estimate of drug-likeness (QED) is 0.876. The Bertz CT molecular complexity index is 509. The van der Waals surface area contributed by atoms with Crippen molar-refractivity contribution in [2.24, 2.45) is 5.41 Å². The van der Waals surface area contributed by atoms with E-state index in [-0.39, 0.29) is 12.1 Å². The fraction of sp³-hybridized carbons (Fsp3) is 0.600. The molecule has 5 nitrogen and oxygen atoms in total.